The molecule has 2 rings (SSSR count). The van der Waals surface area contributed by atoms with Gasteiger partial charge in [-0.1, -0.05) is 23.7 Å². The second-order valence-electron chi connectivity index (χ2n) is 3.93. The highest BCUT2D eigenvalue weighted by Crippen LogP contribution is 2.19. The Labute approximate surface area is 115 Å². The first-order chi connectivity index (χ1) is 9.08. The van der Waals surface area contributed by atoms with E-state index in [1.807, 2.05) is 0 Å². The van der Waals surface area contributed by atoms with Crippen molar-refractivity contribution >= 4 is 17.4 Å². The predicted molar refractivity (Wildman–Crippen MR) is 73.2 cm³/mol. The molecule has 2 aromatic rings. The third-order valence-electron chi connectivity index (χ3n) is 2.58. The Balaban J connectivity index is 2.13. The summed E-state index contributed by atoms with van der Waals surface area (Å²) in [7, 11) is 0. The Morgan fingerprint density at radius 2 is 1.89 bits per heavy atom. The molecule has 0 aliphatic rings. The lowest BCUT2D eigenvalue weighted by Gasteiger charge is -2.09. The summed E-state index contributed by atoms with van der Waals surface area (Å²) in [5, 5.41) is 7.88. The van der Waals surface area contributed by atoms with Gasteiger partial charge in [-0.3, -0.25) is 5.41 Å². The molecule has 0 bridgehead atoms. The molecule has 0 aromatic heterocycles. The molecule has 98 valence electrons. The summed E-state index contributed by atoms with van der Waals surface area (Å²) in [6.07, 6.45) is 0. The highest BCUT2D eigenvalue weighted by molar-refractivity contribution is 6.30. The van der Waals surface area contributed by atoms with Crippen LogP contribution in [0.2, 0.25) is 5.02 Å². The second kappa shape index (κ2) is 5.71. The Kier molecular flexibility index (Phi) is 4.02. The molecule has 0 fully saturated rings. The molecule has 0 atom stereocenters. The lowest BCUT2D eigenvalue weighted by atomic mass is 10.1. The number of halogens is 2. The van der Waals surface area contributed by atoms with Crippen LogP contribution in [0.1, 0.15) is 11.1 Å². The lowest BCUT2D eigenvalue weighted by molar-refractivity contribution is 0.300. The topological polar surface area (TPSA) is 59.1 Å². The second-order valence-corrected chi connectivity index (χ2v) is 4.37. The van der Waals surface area contributed by atoms with Crippen molar-refractivity contribution in [3.05, 3.63) is 64.4 Å². The van der Waals surface area contributed by atoms with Crippen LogP contribution in [0.5, 0.6) is 5.75 Å². The molecule has 0 spiro atoms. The van der Waals surface area contributed by atoms with Gasteiger partial charge in [0.1, 0.15) is 24.0 Å². The maximum Gasteiger partial charge on any atom is 0.140 e. The van der Waals surface area contributed by atoms with Gasteiger partial charge in [0.05, 0.1) is 5.56 Å². The van der Waals surface area contributed by atoms with E-state index in [4.69, 9.17) is 27.5 Å². The van der Waals surface area contributed by atoms with Gasteiger partial charge in [0, 0.05) is 10.6 Å². The maximum absolute atomic E-state index is 14.0. The zero-order valence-corrected chi connectivity index (χ0v) is 10.7. The minimum absolute atomic E-state index is 0.0641. The van der Waals surface area contributed by atoms with Gasteiger partial charge >= 0.3 is 0 Å². The van der Waals surface area contributed by atoms with Gasteiger partial charge < -0.3 is 10.5 Å². The number of ether oxygens (including phenoxy) is 1. The lowest BCUT2D eigenvalue weighted by Crippen LogP contribution is -2.14. The molecule has 0 unspecified atom stereocenters. The average molecular weight is 279 g/mol. The zero-order chi connectivity index (χ0) is 13.8. The minimum Gasteiger partial charge on any atom is -0.489 e. The summed E-state index contributed by atoms with van der Waals surface area (Å²) in [4.78, 5) is 0. The number of rotatable bonds is 4. The van der Waals surface area contributed by atoms with Crippen LogP contribution in [-0.4, -0.2) is 5.84 Å². The summed E-state index contributed by atoms with van der Waals surface area (Å²) in [6.45, 7) is 0.0641. The van der Waals surface area contributed by atoms with Crippen LogP contribution in [0.15, 0.2) is 42.5 Å². The molecule has 0 aliphatic heterocycles. The molecule has 19 heavy (non-hydrogen) atoms. The highest BCUT2D eigenvalue weighted by atomic mass is 35.5. The number of nitrogens with two attached hydrogens (primary N) is 1. The minimum atomic E-state index is -0.524. The summed E-state index contributed by atoms with van der Waals surface area (Å²) >= 11 is 5.76. The van der Waals surface area contributed by atoms with E-state index in [1.54, 1.807) is 36.4 Å². The molecule has 3 N–H and O–H groups in total. The molecule has 0 radical (unpaired) electrons. The fourth-order valence-electron chi connectivity index (χ4n) is 1.59. The van der Waals surface area contributed by atoms with E-state index >= 15 is 0 Å². The van der Waals surface area contributed by atoms with Crippen molar-refractivity contribution in [3.63, 3.8) is 0 Å². The van der Waals surface area contributed by atoms with E-state index in [0.29, 0.717) is 16.3 Å². The van der Waals surface area contributed by atoms with Crippen LogP contribution >= 0.6 is 11.6 Å². The average Bonchev–Trinajstić information content (AvgIpc) is 2.39. The van der Waals surface area contributed by atoms with Gasteiger partial charge in [-0.15, -0.1) is 0 Å². The van der Waals surface area contributed by atoms with Crippen molar-refractivity contribution in [3.8, 4) is 5.75 Å². The van der Waals surface area contributed by atoms with Gasteiger partial charge in [0.15, 0.2) is 0 Å². The SMILES string of the molecule is N=C(N)c1cccc(COc2ccc(Cl)cc2)c1F. The summed E-state index contributed by atoms with van der Waals surface area (Å²) in [6, 6.07) is 11.5. The number of nitrogen functional groups attached to an aromatic ring is 1. The van der Waals surface area contributed by atoms with Gasteiger partial charge in [-0.25, -0.2) is 4.39 Å². The van der Waals surface area contributed by atoms with Gasteiger partial charge in [-0.2, -0.15) is 0 Å². The largest absolute Gasteiger partial charge is 0.489 e. The van der Waals surface area contributed by atoms with Gasteiger partial charge in [-0.05, 0) is 30.3 Å². The molecular formula is C14H12ClFN2O. The fourth-order valence-corrected chi connectivity index (χ4v) is 1.72. The Morgan fingerprint density at radius 3 is 2.53 bits per heavy atom. The molecule has 0 aliphatic carbocycles. The Morgan fingerprint density at radius 1 is 1.21 bits per heavy atom. The number of nitrogens with one attached hydrogen (secondary N) is 1. The third-order valence-corrected chi connectivity index (χ3v) is 2.83. The molecule has 3 nitrogen and oxygen atoms in total. The van der Waals surface area contributed by atoms with E-state index in [9.17, 15) is 4.39 Å². The van der Waals surface area contributed by atoms with Crippen LogP contribution in [0.3, 0.4) is 0 Å². The van der Waals surface area contributed by atoms with Crippen LogP contribution in [0.25, 0.3) is 0 Å². The predicted octanol–water partition coefficient (Wildman–Crippen LogP) is 3.34. The van der Waals surface area contributed by atoms with E-state index in [2.05, 4.69) is 0 Å². The number of benzene rings is 2. The maximum atomic E-state index is 14.0. The number of amidine groups is 1. The molecule has 2 aromatic carbocycles. The standard InChI is InChI=1S/C14H12ClFN2O/c15-10-4-6-11(7-5-10)19-8-9-2-1-3-12(13(9)16)14(17)18/h1-7H,8H2,(H3,17,18). The molecule has 5 heteroatoms. The van der Waals surface area contributed by atoms with E-state index in [0.717, 1.165) is 0 Å². The molecule has 0 saturated carbocycles. The highest BCUT2D eigenvalue weighted by Gasteiger charge is 2.10. The van der Waals surface area contributed by atoms with Crippen LogP contribution in [-0.2, 0) is 6.61 Å². The van der Waals surface area contributed by atoms with Crippen molar-refractivity contribution in [1.82, 2.24) is 0 Å². The summed E-state index contributed by atoms with van der Waals surface area (Å²) in [5.74, 6) is -0.230. The van der Waals surface area contributed by atoms with Crippen molar-refractivity contribution in [1.29, 1.82) is 5.41 Å². The summed E-state index contributed by atoms with van der Waals surface area (Å²) in [5.41, 5.74) is 5.73. The molecule has 0 amide bonds. The van der Waals surface area contributed by atoms with E-state index in [-0.39, 0.29) is 18.0 Å². The zero-order valence-electron chi connectivity index (χ0n) is 9.99. The molecular weight excluding hydrogens is 267 g/mol. The fraction of sp³-hybridized carbons (Fsp3) is 0.0714. The smallest absolute Gasteiger partial charge is 0.140 e. The van der Waals surface area contributed by atoms with Crippen LogP contribution < -0.4 is 10.5 Å². The monoisotopic (exact) mass is 278 g/mol. The molecule has 0 saturated heterocycles. The third kappa shape index (κ3) is 3.23. The van der Waals surface area contributed by atoms with Crippen molar-refractivity contribution in [2.24, 2.45) is 5.73 Å². The van der Waals surface area contributed by atoms with Gasteiger partial charge in [0.25, 0.3) is 0 Å². The van der Waals surface area contributed by atoms with Crippen molar-refractivity contribution in [2.45, 2.75) is 6.61 Å². The summed E-state index contributed by atoms with van der Waals surface area (Å²) < 4.78 is 19.4. The van der Waals surface area contributed by atoms with Gasteiger partial charge in [0.2, 0.25) is 0 Å². The number of hydrogen-bond acceptors (Lipinski definition) is 2. The van der Waals surface area contributed by atoms with E-state index < -0.39 is 5.82 Å². The van der Waals surface area contributed by atoms with Crippen molar-refractivity contribution in [2.75, 3.05) is 0 Å². The first kappa shape index (κ1) is 13.4. The Bertz CT molecular complexity index is 599. The van der Waals surface area contributed by atoms with Crippen LogP contribution in [0, 0.1) is 11.2 Å². The van der Waals surface area contributed by atoms with Crippen LogP contribution in [0.4, 0.5) is 4.39 Å². The molecule has 0 heterocycles. The normalized spacial score (nSPS) is 10.2. The first-order valence-corrected chi connectivity index (χ1v) is 5.96. The quantitative estimate of drug-likeness (QED) is 0.666. The Hall–Kier alpha value is -2.07. The van der Waals surface area contributed by atoms with Crippen molar-refractivity contribution < 1.29 is 9.13 Å². The number of hydrogen-bond donors (Lipinski definition) is 2. The van der Waals surface area contributed by atoms with E-state index in [1.165, 1.54) is 6.07 Å². The first-order valence-electron chi connectivity index (χ1n) is 5.58.